The molecule has 0 saturated carbocycles. The van der Waals surface area contributed by atoms with E-state index in [0.717, 1.165) is 11.1 Å². The van der Waals surface area contributed by atoms with Gasteiger partial charge in [0.15, 0.2) is 0 Å². The van der Waals surface area contributed by atoms with E-state index in [2.05, 4.69) is 9.72 Å². The van der Waals surface area contributed by atoms with Crippen molar-refractivity contribution in [2.45, 2.75) is 6.54 Å². The third-order valence-electron chi connectivity index (χ3n) is 3.96. The highest BCUT2D eigenvalue weighted by molar-refractivity contribution is 6.05. The smallest absolute Gasteiger partial charge is 0.330 e. The molecule has 0 radical (unpaired) electrons. The molecule has 3 aromatic rings. The highest BCUT2D eigenvalue weighted by Crippen LogP contribution is 2.08. The molecule has 0 atom stereocenters. The molecule has 130 valence electrons. The fourth-order valence-corrected chi connectivity index (χ4v) is 2.58. The zero-order valence-electron chi connectivity index (χ0n) is 14.4. The Hall–Kier alpha value is -3.47. The number of aromatic amines is 1. The summed E-state index contributed by atoms with van der Waals surface area (Å²) in [6, 6.07) is 17.0. The van der Waals surface area contributed by atoms with E-state index in [1.807, 2.05) is 53.2 Å². The van der Waals surface area contributed by atoms with Crippen molar-refractivity contribution < 1.29 is 18.9 Å². The number of nitrogens with one attached hydrogen (secondary N) is 1. The number of ether oxygens (including phenoxy) is 1. The minimum absolute atomic E-state index is 0.0479. The summed E-state index contributed by atoms with van der Waals surface area (Å²) in [6.07, 6.45) is 6.68. The van der Waals surface area contributed by atoms with Gasteiger partial charge in [0.25, 0.3) is 5.78 Å². The molecule has 0 saturated heterocycles. The maximum Gasteiger partial charge on any atom is 0.330 e. The van der Waals surface area contributed by atoms with Crippen LogP contribution in [0.5, 0.6) is 0 Å². The van der Waals surface area contributed by atoms with Crippen molar-refractivity contribution in [3.63, 3.8) is 0 Å². The molecule has 0 aliphatic heterocycles. The highest BCUT2D eigenvalue weighted by Gasteiger charge is 2.21. The van der Waals surface area contributed by atoms with Crippen LogP contribution in [0.1, 0.15) is 27.3 Å². The normalized spacial score (nSPS) is 10.8. The highest BCUT2D eigenvalue weighted by atomic mass is 16.5. The van der Waals surface area contributed by atoms with E-state index in [-0.39, 0.29) is 11.8 Å². The summed E-state index contributed by atoms with van der Waals surface area (Å²) < 4.78 is 6.46. The summed E-state index contributed by atoms with van der Waals surface area (Å²) in [5.74, 6) is 0.0973. The lowest BCUT2D eigenvalue weighted by Gasteiger charge is -2.02. The number of benzene rings is 2. The third-order valence-corrected chi connectivity index (χ3v) is 3.96. The number of H-pyrrole nitrogens is 1. The SMILES string of the molecule is COC(=O)C=Cc1ccc(C[n+]2cc[nH]c2C(=O)c2ccccc2)cc1. The van der Waals surface area contributed by atoms with Gasteiger partial charge < -0.3 is 4.74 Å². The molecule has 1 N–H and O–H groups in total. The second-order valence-electron chi connectivity index (χ2n) is 5.73. The summed E-state index contributed by atoms with van der Waals surface area (Å²) in [7, 11) is 1.35. The third kappa shape index (κ3) is 4.13. The number of carbonyl (C=O) groups is 2. The first-order chi connectivity index (χ1) is 12.7. The Morgan fingerprint density at radius 2 is 1.81 bits per heavy atom. The number of rotatable bonds is 6. The van der Waals surface area contributed by atoms with Crippen LogP contribution in [-0.2, 0) is 16.1 Å². The molecule has 5 heteroatoms. The molecule has 0 bridgehead atoms. The molecule has 0 spiro atoms. The van der Waals surface area contributed by atoms with Crippen LogP contribution in [-0.4, -0.2) is 23.8 Å². The van der Waals surface area contributed by atoms with Gasteiger partial charge in [0, 0.05) is 11.6 Å². The lowest BCUT2D eigenvalue weighted by Crippen LogP contribution is -2.39. The average molecular weight is 347 g/mol. The van der Waals surface area contributed by atoms with Gasteiger partial charge in [-0.3, -0.25) is 4.79 Å². The summed E-state index contributed by atoms with van der Waals surface area (Å²) in [4.78, 5) is 26.8. The molecule has 0 unspecified atom stereocenters. The number of hydrogen-bond acceptors (Lipinski definition) is 3. The van der Waals surface area contributed by atoms with Gasteiger partial charge in [-0.15, -0.1) is 0 Å². The molecule has 5 nitrogen and oxygen atoms in total. The number of nitrogens with zero attached hydrogens (tertiary/aromatic N) is 1. The topological polar surface area (TPSA) is 63.0 Å². The van der Waals surface area contributed by atoms with Gasteiger partial charge in [0.1, 0.15) is 18.9 Å². The van der Waals surface area contributed by atoms with E-state index in [9.17, 15) is 9.59 Å². The van der Waals surface area contributed by atoms with Crippen LogP contribution in [0.25, 0.3) is 6.08 Å². The molecule has 0 fully saturated rings. The predicted molar refractivity (Wildman–Crippen MR) is 97.5 cm³/mol. The number of carbonyl (C=O) groups excluding carboxylic acids is 2. The standard InChI is InChI=1S/C21H18N2O3/c1-26-19(24)12-11-16-7-9-17(10-8-16)15-23-14-13-22-21(23)20(25)18-5-3-2-4-6-18/h2-14H,15H2,1H3/p+1. The largest absolute Gasteiger partial charge is 0.466 e. The second-order valence-corrected chi connectivity index (χ2v) is 5.73. The van der Waals surface area contributed by atoms with Crippen LogP contribution in [0.4, 0.5) is 0 Å². The van der Waals surface area contributed by atoms with Crippen LogP contribution < -0.4 is 4.57 Å². The lowest BCUT2D eigenvalue weighted by molar-refractivity contribution is -0.688. The predicted octanol–water partition coefficient (Wildman–Crippen LogP) is 2.77. The fourth-order valence-electron chi connectivity index (χ4n) is 2.58. The van der Waals surface area contributed by atoms with Crippen LogP contribution >= 0.6 is 0 Å². The maximum atomic E-state index is 12.6. The van der Waals surface area contributed by atoms with Gasteiger partial charge in [-0.05, 0) is 17.2 Å². The molecule has 0 aliphatic rings. The molecule has 0 amide bonds. The molecule has 26 heavy (non-hydrogen) atoms. The quantitative estimate of drug-likeness (QED) is 0.323. The van der Waals surface area contributed by atoms with Gasteiger partial charge in [0.2, 0.25) is 0 Å². The zero-order chi connectivity index (χ0) is 18.4. The first-order valence-corrected chi connectivity index (χ1v) is 8.19. The van der Waals surface area contributed by atoms with Crippen molar-refractivity contribution in [2.75, 3.05) is 7.11 Å². The van der Waals surface area contributed by atoms with Crippen LogP contribution in [0, 0.1) is 0 Å². The first kappa shape index (κ1) is 17.4. The number of ketones is 1. The fraction of sp³-hybridized carbons (Fsp3) is 0.0952. The lowest BCUT2D eigenvalue weighted by atomic mass is 10.1. The van der Waals surface area contributed by atoms with Crippen molar-refractivity contribution in [1.29, 1.82) is 0 Å². The summed E-state index contributed by atoms with van der Waals surface area (Å²) in [6.45, 7) is 0.568. The zero-order valence-corrected chi connectivity index (χ0v) is 14.4. The van der Waals surface area contributed by atoms with Crippen molar-refractivity contribution in [3.05, 3.63) is 95.6 Å². The average Bonchev–Trinajstić information content (AvgIpc) is 3.15. The van der Waals surface area contributed by atoms with Gasteiger partial charge >= 0.3 is 11.8 Å². The molecular formula is C21H19N2O3+. The summed E-state index contributed by atoms with van der Waals surface area (Å²) in [5.41, 5.74) is 2.60. The van der Waals surface area contributed by atoms with Gasteiger partial charge in [-0.1, -0.05) is 54.6 Å². The second kappa shape index (κ2) is 8.07. The molecular weight excluding hydrogens is 328 g/mol. The van der Waals surface area contributed by atoms with Gasteiger partial charge in [0.05, 0.1) is 7.11 Å². The molecule has 2 aromatic carbocycles. The Labute approximate surface area is 151 Å². The number of esters is 1. The van der Waals surface area contributed by atoms with E-state index >= 15 is 0 Å². The molecule has 0 aliphatic carbocycles. The van der Waals surface area contributed by atoms with E-state index in [4.69, 9.17) is 0 Å². The van der Waals surface area contributed by atoms with Gasteiger partial charge in [-0.2, -0.15) is 0 Å². The van der Waals surface area contributed by atoms with Crippen LogP contribution in [0.3, 0.4) is 0 Å². The minimum Gasteiger partial charge on any atom is -0.466 e. The Kier molecular flexibility index (Phi) is 5.39. The number of aromatic nitrogens is 2. The van der Waals surface area contributed by atoms with E-state index < -0.39 is 0 Å². The summed E-state index contributed by atoms with van der Waals surface area (Å²) >= 11 is 0. The summed E-state index contributed by atoms with van der Waals surface area (Å²) in [5, 5.41) is 0. The molecule has 3 rings (SSSR count). The van der Waals surface area contributed by atoms with Crippen molar-refractivity contribution in [1.82, 2.24) is 4.98 Å². The Morgan fingerprint density at radius 3 is 2.50 bits per heavy atom. The van der Waals surface area contributed by atoms with Crippen molar-refractivity contribution in [3.8, 4) is 0 Å². The number of methoxy groups -OCH3 is 1. The van der Waals surface area contributed by atoms with Crippen LogP contribution in [0.15, 0.2) is 73.1 Å². The molecule has 1 heterocycles. The Bertz CT molecular complexity index is 925. The van der Waals surface area contributed by atoms with Crippen LogP contribution in [0.2, 0.25) is 0 Å². The number of imidazole rings is 1. The van der Waals surface area contributed by atoms with E-state index in [0.29, 0.717) is 17.9 Å². The van der Waals surface area contributed by atoms with E-state index in [1.54, 1.807) is 24.4 Å². The van der Waals surface area contributed by atoms with Crippen molar-refractivity contribution in [2.24, 2.45) is 0 Å². The maximum absolute atomic E-state index is 12.6. The van der Waals surface area contributed by atoms with Gasteiger partial charge in [-0.25, -0.2) is 14.3 Å². The van der Waals surface area contributed by atoms with E-state index in [1.165, 1.54) is 13.2 Å². The Balaban J connectivity index is 1.74. The molecule has 1 aromatic heterocycles. The number of hydrogen-bond donors (Lipinski definition) is 1. The monoisotopic (exact) mass is 347 g/mol. The van der Waals surface area contributed by atoms with Crippen molar-refractivity contribution >= 4 is 17.8 Å². The minimum atomic E-state index is -0.388. The first-order valence-electron chi connectivity index (χ1n) is 8.19. The Morgan fingerprint density at radius 1 is 1.08 bits per heavy atom.